The molecule has 0 N–H and O–H groups in total. The van der Waals surface area contributed by atoms with Crippen LogP contribution in [0.5, 0.6) is 11.6 Å². The van der Waals surface area contributed by atoms with Gasteiger partial charge in [0.05, 0.1) is 14.2 Å². The van der Waals surface area contributed by atoms with Gasteiger partial charge in [-0.05, 0) is 23.8 Å². The minimum Gasteiger partial charge on any atom is -0.494 e. The predicted molar refractivity (Wildman–Crippen MR) is 69.6 cm³/mol. The van der Waals surface area contributed by atoms with Crippen LogP contribution < -0.4 is 9.47 Å². The maximum atomic E-state index is 13.5. The van der Waals surface area contributed by atoms with Gasteiger partial charge in [0.2, 0.25) is 5.88 Å². The fourth-order valence-corrected chi connectivity index (χ4v) is 1.67. The lowest BCUT2D eigenvalue weighted by molar-refractivity contribution is 0.0987. The third-order valence-corrected chi connectivity index (χ3v) is 2.72. The summed E-state index contributed by atoms with van der Waals surface area (Å²) < 4.78 is 23.2. The number of carbonyl (C=O) groups is 1. The van der Waals surface area contributed by atoms with Crippen LogP contribution >= 0.6 is 0 Å². The van der Waals surface area contributed by atoms with Gasteiger partial charge >= 0.3 is 0 Å². The molecule has 2 rings (SSSR count). The van der Waals surface area contributed by atoms with Crippen LogP contribution in [0.1, 0.15) is 16.1 Å². The zero-order chi connectivity index (χ0) is 14.5. The van der Waals surface area contributed by atoms with Crippen molar-refractivity contribution >= 4 is 5.78 Å². The molecule has 104 valence electrons. The molecule has 5 nitrogen and oxygen atoms in total. The first-order valence-electron chi connectivity index (χ1n) is 5.87. The number of aromatic nitrogens is 2. The number of Topliss-reactive ketones (excluding diaryl/α,β-unsaturated/α-hetero) is 1. The Morgan fingerprint density at radius 1 is 1.15 bits per heavy atom. The fourth-order valence-electron chi connectivity index (χ4n) is 1.67. The standard InChI is InChI=1S/C14H13FN2O3/c1-19-13-5-3-9(7-10(13)15)8-12(18)11-4-6-14(20-2)17-16-11/h3-7H,8H2,1-2H3. The molecule has 0 bridgehead atoms. The van der Waals surface area contributed by atoms with Gasteiger partial charge in [-0.15, -0.1) is 10.2 Å². The summed E-state index contributed by atoms with van der Waals surface area (Å²) >= 11 is 0. The van der Waals surface area contributed by atoms with Gasteiger partial charge in [0.1, 0.15) is 5.69 Å². The van der Waals surface area contributed by atoms with Crippen LogP contribution in [0.15, 0.2) is 30.3 Å². The van der Waals surface area contributed by atoms with Crippen molar-refractivity contribution in [3.05, 3.63) is 47.4 Å². The second-order valence-electron chi connectivity index (χ2n) is 4.03. The maximum absolute atomic E-state index is 13.5. The molecule has 20 heavy (non-hydrogen) atoms. The highest BCUT2D eigenvalue weighted by atomic mass is 19.1. The summed E-state index contributed by atoms with van der Waals surface area (Å²) in [6.07, 6.45) is 0.0436. The number of nitrogens with zero attached hydrogens (tertiary/aromatic N) is 2. The van der Waals surface area contributed by atoms with Gasteiger partial charge in [-0.25, -0.2) is 4.39 Å². The highest BCUT2D eigenvalue weighted by Crippen LogP contribution is 2.18. The number of methoxy groups -OCH3 is 2. The van der Waals surface area contributed by atoms with E-state index in [0.717, 1.165) is 0 Å². The van der Waals surface area contributed by atoms with E-state index in [9.17, 15) is 9.18 Å². The smallest absolute Gasteiger partial charge is 0.233 e. The summed E-state index contributed by atoms with van der Waals surface area (Å²) in [4.78, 5) is 12.0. The van der Waals surface area contributed by atoms with Crippen LogP contribution in [0, 0.1) is 5.82 Å². The second kappa shape index (κ2) is 6.10. The van der Waals surface area contributed by atoms with Gasteiger partial charge in [-0.1, -0.05) is 6.07 Å². The van der Waals surface area contributed by atoms with E-state index in [4.69, 9.17) is 9.47 Å². The Balaban J connectivity index is 2.12. The summed E-state index contributed by atoms with van der Waals surface area (Å²) in [5.41, 5.74) is 0.757. The maximum Gasteiger partial charge on any atom is 0.233 e. The summed E-state index contributed by atoms with van der Waals surface area (Å²) in [5, 5.41) is 7.48. The molecule has 0 saturated heterocycles. The number of hydrogen-bond donors (Lipinski definition) is 0. The van der Waals surface area contributed by atoms with Gasteiger partial charge in [-0.2, -0.15) is 0 Å². The molecule has 0 aliphatic carbocycles. The van der Waals surface area contributed by atoms with E-state index in [0.29, 0.717) is 11.4 Å². The quantitative estimate of drug-likeness (QED) is 0.782. The number of benzene rings is 1. The van der Waals surface area contributed by atoms with Gasteiger partial charge < -0.3 is 9.47 Å². The third-order valence-electron chi connectivity index (χ3n) is 2.72. The molecule has 0 aliphatic heterocycles. The topological polar surface area (TPSA) is 61.3 Å². The molecule has 2 aromatic rings. The van der Waals surface area contributed by atoms with Crippen LogP contribution in [0.2, 0.25) is 0 Å². The Bertz CT molecular complexity index is 614. The van der Waals surface area contributed by atoms with Gasteiger partial charge in [0.25, 0.3) is 0 Å². The van der Waals surface area contributed by atoms with Crippen LogP contribution in [0.25, 0.3) is 0 Å². The summed E-state index contributed by atoms with van der Waals surface area (Å²) in [7, 11) is 2.85. The molecule has 1 aromatic heterocycles. The molecule has 0 atom stereocenters. The first-order valence-corrected chi connectivity index (χ1v) is 5.87. The molecular formula is C14H13FN2O3. The summed E-state index contributed by atoms with van der Waals surface area (Å²) in [6.45, 7) is 0. The van der Waals surface area contributed by atoms with E-state index in [1.54, 1.807) is 12.1 Å². The zero-order valence-corrected chi connectivity index (χ0v) is 11.1. The first kappa shape index (κ1) is 13.9. The van der Waals surface area contributed by atoms with Crippen molar-refractivity contribution in [2.75, 3.05) is 14.2 Å². The SMILES string of the molecule is COc1ccc(C(=O)Cc2ccc(OC)c(F)c2)nn1. The molecule has 1 aromatic carbocycles. The Kier molecular flexibility index (Phi) is 4.24. The zero-order valence-electron chi connectivity index (χ0n) is 11.1. The van der Waals surface area contributed by atoms with Crippen LogP contribution in [0.3, 0.4) is 0 Å². The monoisotopic (exact) mass is 276 g/mol. The minimum absolute atomic E-state index is 0.0436. The number of hydrogen-bond acceptors (Lipinski definition) is 5. The van der Waals surface area contributed by atoms with Crippen LogP contribution in [-0.4, -0.2) is 30.2 Å². The molecule has 0 spiro atoms. The number of ether oxygens (including phenoxy) is 2. The van der Waals surface area contributed by atoms with E-state index in [1.165, 1.54) is 32.4 Å². The predicted octanol–water partition coefficient (Wildman–Crippen LogP) is 2.06. The van der Waals surface area contributed by atoms with Gasteiger partial charge in [-0.3, -0.25) is 4.79 Å². The summed E-state index contributed by atoms with van der Waals surface area (Å²) in [6, 6.07) is 7.46. The number of rotatable bonds is 5. The van der Waals surface area contributed by atoms with Crippen molar-refractivity contribution in [2.24, 2.45) is 0 Å². The summed E-state index contributed by atoms with van der Waals surface area (Å²) in [5.74, 6) is -0.272. The molecule has 0 fully saturated rings. The normalized spacial score (nSPS) is 10.2. The largest absolute Gasteiger partial charge is 0.494 e. The Labute approximate surface area is 115 Å². The van der Waals surface area contributed by atoms with E-state index >= 15 is 0 Å². The molecule has 6 heteroatoms. The first-order chi connectivity index (χ1) is 9.63. The fraction of sp³-hybridized carbons (Fsp3) is 0.214. The van der Waals surface area contributed by atoms with Crippen molar-refractivity contribution in [3.63, 3.8) is 0 Å². The van der Waals surface area contributed by atoms with Gasteiger partial charge in [0.15, 0.2) is 17.3 Å². The Morgan fingerprint density at radius 2 is 1.95 bits per heavy atom. The average molecular weight is 276 g/mol. The molecule has 0 amide bonds. The Hall–Kier alpha value is -2.50. The van der Waals surface area contributed by atoms with Crippen LogP contribution in [0.4, 0.5) is 4.39 Å². The lowest BCUT2D eigenvalue weighted by atomic mass is 10.1. The minimum atomic E-state index is -0.501. The van der Waals surface area contributed by atoms with Crippen molar-refractivity contribution in [2.45, 2.75) is 6.42 Å². The molecule has 0 aliphatic rings. The van der Waals surface area contributed by atoms with Crippen LogP contribution in [-0.2, 0) is 6.42 Å². The van der Waals surface area contributed by atoms with E-state index in [1.807, 2.05) is 0 Å². The molecule has 0 unspecified atom stereocenters. The van der Waals surface area contributed by atoms with E-state index in [-0.39, 0.29) is 23.6 Å². The average Bonchev–Trinajstić information content (AvgIpc) is 2.47. The van der Waals surface area contributed by atoms with E-state index < -0.39 is 5.82 Å². The lowest BCUT2D eigenvalue weighted by Crippen LogP contribution is -2.07. The highest BCUT2D eigenvalue weighted by molar-refractivity contribution is 5.95. The number of ketones is 1. The lowest BCUT2D eigenvalue weighted by Gasteiger charge is -2.05. The number of carbonyl (C=O) groups excluding carboxylic acids is 1. The molecule has 1 heterocycles. The van der Waals surface area contributed by atoms with Crippen molar-refractivity contribution < 1.29 is 18.7 Å². The molecule has 0 radical (unpaired) electrons. The highest BCUT2D eigenvalue weighted by Gasteiger charge is 2.11. The molecule has 0 saturated carbocycles. The Morgan fingerprint density at radius 3 is 2.50 bits per heavy atom. The third kappa shape index (κ3) is 3.09. The van der Waals surface area contributed by atoms with Gasteiger partial charge in [0, 0.05) is 12.5 Å². The van der Waals surface area contributed by atoms with Crippen molar-refractivity contribution in [1.29, 1.82) is 0 Å². The van der Waals surface area contributed by atoms with Crippen molar-refractivity contribution in [3.8, 4) is 11.6 Å². The molecular weight excluding hydrogens is 263 g/mol. The number of halogens is 1. The van der Waals surface area contributed by atoms with E-state index in [2.05, 4.69) is 10.2 Å². The second-order valence-corrected chi connectivity index (χ2v) is 4.03. The van der Waals surface area contributed by atoms with Crippen molar-refractivity contribution in [1.82, 2.24) is 10.2 Å².